The molecule has 1 atom stereocenters. The lowest BCUT2D eigenvalue weighted by atomic mass is 9.75. The van der Waals surface area contributed by atoms with Crippen molar-refractivity contribution in [2.75, 3.05) is 0 Å². The third-order valence-electron chi connectivity index (χ3n) is 5.03. The van der Waals surface area contributed by atoms with Crippen molar-refractivity contribution in [1.82, 2.24) is 0 Å². The molecule has 0 heterocycles. The zero-order valence-electron chi connectivity index (χ0n) is 17.2. The van der Waals surface area contributed by atoms with Gasteiger partial charge in [-0.05, 0) is 50.2 Å². The van der Waals surface area contributed by atoms with Crippen molar-refractivity contribution in [3.63, 3.8) is 0 Å². The van der Waals surface area contributed by atoms with Gasteiger partial charge in [-0.3, -0.25) is 0 Å². The lowest BCUT2D eigenvalue weighted by molar-refractivity contribution is -0.418. The van der Waals surface area contributed by atoms with E-state index in [1.165, 1.54) is 0 Å². The zero-order chi connectivity index (χ0) is 19.3. The number of hydrogen-bond acceptors (Lipinski definition) is 2. The predicted octanol–water partition coefficient (Wildman–Crippen LogP) is 7.00. The molecule has 0 fully saturated rings. The highest BCUT2D eigenvalue weighted by atomic mass is 17.2. The van der Waals surface area contributed by atoms with Gasteiger partial charge in [-0.15, -0.1) is 0 Å². The summed E-state index contributed by atoms with van der Waals surface area (Å²) < 4.78 is 0. The van der Waals surface area contributed by atoms with Crippen molar-refractivity contribution < 1.29 is 9.78 Å². The van der Waals surface area contributed by atoms with Crippen LogP contribution in [-0.4, -0.2) is 0 Å². The normalized spacial score (nSPS) is 14.8. The average molecular weight is 355 g/mol. The van der Waals surface area contributed by atoms with E-state index in [9.17, 15) is 0 Å². The lowest BCUT2D eigenvalue weighted by Gasteiger charge is -2.39. The summed E-state index contributed by atoms with van der Waals surface area (Å²) in [7, 11) is 0. The van der Waals surface area contributed by atoms with Crippen LogP contribution in [0.2, 0.25) is 0 Å². The minimum atomic E-state index is -0.522. The van der Waals surface area contributed by atoms with Crippen molar-refractivity contribution in [3.8, 4) is 0 Å². The first-order chi connectivity index (χ1) is 12.2. The van der Waals surface area contributed by atoms with E-state index in [0.717, 1.165) is 30.4 Å². The van der Waals surface area contributed by atoms with Gasteiger partial charge in [-0.2, -0.15) is 0 Å². The van der Waals surface area contributed by atoms with E-state index in [4.69, 9.17) is 9.78 Å². The van der Waals surface area contributed by atoms with Crippen molar-refractivity contribution in [2.45, 2.75) is 72.0 Å². The molecule has 0 bridgehead atoms. The molecule has 2 aromatic carbocycles. The summed E-state index contributed by atoms with van der Waals surface area (Å²) in [6, 6.07) is 20.6. The van der Waals surface area contributed by atoms with E-state index in [0.29, 0.717) is 0 Å². The summed E-state index contributed by atoms with van der Waals surface area (Å²) in [6.45, 7) is 13.1. The Morgan fingerprint density at radius 1 is 0.692 bits per heavy atom. The maximum Gasteiger partial charge on any atom is 0.126 e. The molecule has 0 spiro atoms. The Hall–Kier alpha value is -1.64. The van der Waals surface area contributed by atoms with E-state index >= 15 is 0 Å². The van der Waals surface area contributed by atoms with Gasteiger partial charge >= 0.3 is 0 Å². The largest absolute Gasteiger partial charge is 0.225 e. The van der Waals surface area contributed by atoms with E-state index in [2.05, 4.69) is 64.1 Å². The average Bonchev–Trinajstić information content (AvgIpc) is 2.61. The molecule has 2 aromatic rings. The molecule has 2 rings (SSSR count). The van der Waals surface area contributed by atoms with Crippen LogP contribution < -0.4 is 0 Å². The Labute approximate surface area is 159 Å². The van der Waals surface area contributed by atoms with Crippen LogP contribution in [0.1, 0.15) is 71.9 Å². The third-order valence-corrected chi connectivity index (χ3v) is 5.03. The Kier molecular flexibility index (Phi) is 6.65. The van der Waals surface area contributed by atoms with Crippen LogP contribution >= 0.6 is 0 Å². The summed E-state index contributed by atoms with van der Waals surface area (Å²) in [5, 5.41) is 0. The monoisotopic (exact) mass is 354 g/mol. The molecule has 0 saturated heterocycles. The third kappa shape index (κ3) is 5.43. The molecular formula is C24H34O2. The molecule has 0 aliphatic carbocycles. The highest BCUT2D eigenvalue weighted by molar-refractivity contribution is 5.23. The minimum absolute atomic E-state index is 0.166. The standard InChI is InChI=1S/C24H34O2/c1-7-18-22(2,3)19-24(6,21-16-12-9-13-17-21)26-25-23(4,5)20-14-10-8-11-15-20/h8-17H,7,18-19H2,1-6H3. The van der Waals surface area contributed by atoms with Crippen molar-refractivity contribution in [2.24, 2.45) is 5.41 Å². The summed E-state index contributed by atoms with van der Waals surface area (Å²) >= 11 is 0. The van der Waals surface area contributed by atoms with Gasteiger partial charge in [-0.1, -0.05) is 87.9 Å². The Bertz CT molecular complexity index is 661. The molecule has 26 heavy (non-hydrogen) atoms. The van der Waals surface area contributed by atoms with Crippen molar-refractivity contribution >= 4 is 0 Å². The fourth-order valence-electron chi connectivity index (χ4n) is 3.73. The highest BCUT2D eigenvalue weighted by Gasteiger charge is 2.38. The first-order valence-electron chi connectivity index (χ1n) is 9.66. The maximum absolute atomic E-state index is 6.22. The first kappa shape index (κ1) is 20.7. The molecule has 142 valence electrons. The van der Waals surface area contributed by atoms with Gasteiger partial charge in [0.25, 0.3) is 0 Å². The van der Waals surface area contributed by atoms with Crippen molar-refractivity contribution in [1.29, 1.82) is 0 Å². The summed E-state index contributed by atoms with van der Waals surface area (Å²) in [5.41, 5.74) is 1.38. The first-order valence-corrected chi connectivity index (χ1v) is 9.66. The van der Waals surface area contributed by atoms with Crippen LogP contribution in [0.3, 0.4) is 0 Å². The number of hydrogen-bond donors (Lipinski definition) is 0. The second kappa shape index (κ2) is 8.37. The van der Waals surface area contributed by atoms with Gasteiger partial charge in [0.15, 0.2) is 0 Å². The van der Waals surface area contributed by atoms with E-state index in [1.54, 1.807) is 0 Å². The smallest absolute Gasteiger partial charge is 0.126 e. The molecular weight excluding hydrogens is 320 g/mol. The summed E-state index contributed by atoms with van der Waals surface area (Å²) in [4.78, 5) is 12.3. The van der Waals surface area contributed by atoms with E-state index in [1.807, 2.05) is 38.1 Å². The van der Waals surface area contributed by atoms with Crippen LogP contribution in [-0.2, 0) is 21.0 Å². The summed E-state index contributed by atoms with van der Waals surface area (Å²) in [5.74, 6) is 0. The van der Waals surface area contributed by atoms with Crippen LogP contribution in [0.15, 0.2) is 60.7 Å². The second-order valence-electron chi connectivity index (χ2n) is 8.73. The Morgan fingerprint density at radius 3 is 1.69 bits per heavy atom. The fourth-order valence-corrected chi connectivity index (χ4v) is 3.73. The molecule has 0 N–H and O–H groups in total. The Balaban J connectivity index is 2.25. The Morgan fingerprint density at radius 2 is 1.19 bits per heavy atom. The molecule has 2 heteroatoms. The van der Waals surface area contributed by atoms with Crippen LogP contribution in [0.25, 0.3) is 0 Å². The minimum Gasteiger partial charge on any atom is -0.225 e. The second-order valence-corrected chi connectivity index (χ2v) is 8.73. The summed E-state index contributed by atoms with van der Waals surface area (Å²) in [6.07, 6.45) is 3.21. The number of benzene rings is 2. The molecule has 0 radical (unpaired) electrons. The lowest BCUT2D eigenvalue weighted by Crippen LogP contribution is -2.35. The quantitative estimate of drug-likeness (QED) is 0.356. The molecule has 0 amide bonds. The topological polar surface area (TPSA) is 18.5 Å². The van der Waals surface area contributed by atoms with Gasteiger partial charge in [0, 0.05) is 0 Å². The van der Waals surface area contributed by atoms with E-state index in [-0.39, 0.29) is 5.41 Å². The van der Waals surface area contributed by atoms with Gasteiger partial charge in [-0.25, -0.2) is 9.78 Å². The predicted molar refractivity (Wildman–Crippen MR) is 109 cm³/mol. The maximum atomic E-state index is 6.22. The van der Waals surface area contributed by atoms with Gasteiger partial charge < -0.3 is 0 Å². The van der Waals surface area contributed by atoms with Gasteiger partial charge in [0.1, 0.15) is 11.2 Å². The highest BCUT2D eigenvalue weighted by Crippen LogP contribution is 2.42. The van der Waals surface area contributed by atoms with Crippen molar-refractivity contribution in [3.05, 3.63) is 71.8 Å². The molecule has 0 aliphatic heterocycles. The SMILES string of the molecule is CCCC(C)(C)CC(C)(OOC(C)(C)c1ccccc1)c1ccccc1. The molecule has 0 saturated carbocycles. The van der Waals surface area contributed by atoms with Crippen LogP contribution in [0, 0.1) is 5.41 Å². The number of rotatable bonds is 9. The molecule has 1 unspecified atom stereocenters. The zero-order valence-corrected chi connectivity index (χ0v) is 17.2. The van der Waals surface area contributed by atoms with Gasteiger partial charge in [0.2, 0.25) is 0 Å². The molecule has 2 nitrogen and oxygen atoms in total. The van der Waals surface area contributed by atoms with Gasteiger partial charge in [0.05, 0.1) is 0 Å². The fraction of sp³-hybridized carbons (Fsp3) is 0.500. The molecule has 0 aromatic heterocycles. The van der Waals surface area contributed by atoms with E-state index < -0.39 is 11.2 Å². The van der Waals surface area contributed by atoms with Crippen LogP contribution in [0.5, 0.6) is 0 Å². The molecule has 0 aliphatic rings. The van der Waals surface area contributed by atoms with Crippen LogP contribution in [0.4, 0.5) is 0 Å².